The molecule has 1 aromatic carbocycles. The highest BCUT2D eigenvalue weighted by atomic mass is 35.5. The van der Waals surface area contributed by atoms with Crippen LogP contribution in [-0.4, -0.2) is 28.8 Å². The Morgan fingerprint density at radius 1 is 1.10 bits per heavy atom. The number of thiazole rings is 1. The highest BCUT2D eigenvalue weighted by Crippen LogP contribution is 2.24. The number of carbonyl (C=O) groups is 1. The summed E-state index contributed by atoms with van der Waals surface area (Å²) in [6, 6.07) is 9.33. The van der Waals surface area contributed by atoms with Gasteiger partial charge in [-0.2, -0.15) is 0 Å². The molecule has 2 heterocycles. The van der Waals surface area contributed by atoms with E-state index in [4.69, 9.17) is 31.0 Å². The van der Waals surface area contributed by atoms with Gasteiger partial charge in [0.05, 0.1) is 23.4 Å². The van der Waals surface area contributed by atoms with Gasteiger partial charge in [0.25, 0.3) is 0 Å². The number of amides is 1. The predicted octanol–water partition coefficient (Wildman–Crippen LogP) is 8.15. The number of carbonyl (C=O) groups excluding carboxylic acids is 1. The molecule has 0 unspecified atom stereocenters. The van der Waals surface area contributed by atoms with E-state index < -0.39 is 6.09 Å². The minimum Gasteiger partial charge on any atom is -0.493 e. The van der Waals surface area contributed by atoms with Crippen LogP contribution in [0.5, 0.6) is 5.75 Å². The molecule has 0 aliphatic carbocycles. The Morgan fingerprint density at radius 2 is 1.92 bits per heavy atom. The highest BCUT2D eigenvalue weighted by molar-refractivity contribution is 7.11. The summed E-state index contributed by atoms with van der Waals surface area (Å²) in [7, 11) is 0. The lowest BCUT2D eigenvalue weighted by atomic mass is 10.2. The number of rotatable bonds is 14. The summed E-state index contributed by atoms with van der Waals surface area (Å²) < 4.78 is 11.2. The molecule has 210 valence electrons. The number of anilines is 2. The van der Waals surface area contributed by atoms with E-state index in [2.05, 4.69) is 43.6 Å². The zero-order chi connectivity index (χ0) is 28.2. The molecule has 0 aliphatic rings. The lowest BCUT2D eigenvalue weighted by Crippen LogP contribution is -2.18. The number of ether oxygens (including phenoxy) is 2. The van der Waals surface area contributed by atoms with Crippen molar-refractivity contribution >= 4 is 40.5 Å². The topological polar surface area (TPSA) is 85.4 Å². The smallest absolute Gasteiger partial charge is 0.411 e. The SMILES string of the molecule is CC/C=C/CCOc1cc(CCc2nc(C)c(CC)s2)nc(NCc2cc(Cl)cc(NC(=O)OC(C)C)c2)c1. The Kier molecular flexibility index (Phi) is 12.1. The van der Waals surface area contributed by atoms with Crippen LogP contribution in [0.2, 0.25) is 5.02 Å². The molecule has 0 fully saturated rings. The van der Waals surface area contributed by atoms with Crippen molar-refractivity contribution in [3.8, 4) is 5.75 Å². The summed E-state index contributed by atoms with van der Waals surface area (Å²) in [5.74, 6) is 1.49. The molecule has 2 N–H and O–H groups in total. The number of nitrogens with zero attached hydrogens (tertiary/aromatic N) is 2. The van der Waals surface area contributed by atoms with Gasteiger partial charge in [-0.1, -0.05) is 37.6 Å². The van der Waals surface area contributed by atoms with E-state index in [1.165, 1.54) is 4.88 Å². The van der Waals surface area contributed by atoms with E-state index >= 15 is 0 Å². The first kappa shape index (κ1) is 30.4. The summed E-state index contributed by atoms with van der Waals surface area (Å²) in [5.41, 5.74) is 3.53. The first-order valence-corrected chi connectivity index (χ1v) is 14.7. The summed E-state index contributed by atoms with van der Waals surface area (Å²) in [5, 5.41) is 7.77. The first-order chi connectivity index (χ1) is 18.7. The summed E-state index contributed by atoms with van der Waals surface area (Å²) in [6.07, 6.45) is 8.02. The third-order valence-corrected chi connectivity index (χ3v) is 7.26. The van der Waals surface area contributed by atoms with Gasteiger partial charge in [-0.05, 0) is 70.2 Å². The van der Waals surface area contributed by atoms with Crippen molar-refractivity contribution < 1.29 is 14.3 Å². The number of pyridine rings is 1. The molecule has 3 rings (SSSR count). The minimum absolute atomic E-state index is 0.212. The van der Waals surface area contributed by atoms with Crippen LogP contribution in [-0.2, 0) is 30.5 Å². The van der Waals surface area contributed by atoms with E-state index in [0.717, 1.165) is 59.8 Å². The van der Waals surface area contributed by atoms with E-state index in [1.807, 2.05) is 24.3 Å². The fraction of sp³-hybridized carbons (Fsp3) is 0.433. The van der Waals surface area contributed by atoms with Crippen molar-refractivity contribution in [3.63, 3.8) is 0 Å². The first-order valence-electron chi connectivity index (χ1n) is 13.5. The zero-order valence-corrected chi connectivity index (χ0v) is 25.0. The Labute approximate surface area is 241 Å². The summed E-state index contributed by atoms with van der Waals surface area (Å²) in [4.78, 5) is 22.9. The Balaban J connectivity index is 1.72. The fourth-order valence-corrected chi connectivity index (χ4v) is 5.19. The molecule has 7 nitrogen and oxygen atoms in total. The van der Waals surface area contributed by atoms with Crippen LogP contribution in [0, 0.1) is 6.92 Å². The number of benzene rings is 1. The van der Waals surface area contributed by atoms with E-state index in [1.54, 1.807) is 31.3 Å². The van der Waals surface area contributed by atoms with Gasteiger partial charge in [-0.15, -0.1) is 11.3 Å². The Hall–Kier alpha value is -3.10. The minimum atomic E-state index is -0.516. The monoisotopic (exact) mass is 570 g/mol. The van der Waals surface area contributed by atoms with Crippen LogP contribution in [0.1, 0.15) is 67.4 Å². The van der Waals surface area contributed by atoms with Gasteiger partial charge in [0.2, 0.25) is 0 Å². The maximum atomic E-state index is 12.0. The molecular weight excluding hydrogens is 532 g/mol. The normalized spacial score (nSPS) is 11.3. The van der Waals surface area contributed by atoms with Crippen LogP contribution in [0.15, 0.2) is 42.5 Å². The molecule has 0 aliphatic heterocycles. The van der Waals surface area contributed by atoms with Gasteiger partial charge >= 0.3 is 6.09 Å². The molecule has 2 aromatic heterocycles. The summed E-state index contributed by atoms with van der Waals surface area (Å²) >= 11 is 8.10. The maximum absolute atomic E-state index is 12.0. The standard InChI is InChI=1S/C30H39ClN4O3S/c1-6-8-9-10-13-37-26-17-24(11-12-29-33-21(5)27(7-2)39-29)34-28(18-26)32-19-22-14-23(31)16-25(15-22)35-30(36)38-20(3)4/h8-9,14-18,20H,6-7,10-13,19H2,1-5H3,(H,32,34)(H,35,36)/b9-8+. The third-order valence-electron chi connectivity index (χ3n) is 5.68. The van der Waals surface area contributed by atoms with Crippen LogP contribution in [0.25, 0.3) is 0 Å². The number of aryl methyl sites for hydroxylation is 4. The maximum Gasteiger partial charge on any atom is 0.411 e. The van der Waals surface area contributed by atoms with Crippen molar-refractivity contribution in [2.75, 3.05) is 17.2 Å². The van der Waals surface area contributed by atoms with Gasteiger partial charge in [0.15, 0.2) is 0 Å². The molecule has 0 radical (unpaired) electrons. The predicted molar refractivity (Wildman–Crippen MR) is 161 cm³/mol. The van der Waals surface area contributed by atoms with Gasteiger partial charge in [0, 0.05) is 46.4 Å². The molecule has 1 amide bonds. The molecule has 0 saturated carbocycles. The van der Waals surface area contributed by atoms with E-state index in [9.17, 15) is 4.79 Å². The van der Waals surface area contributed by atoms with Gasteiger partial charge in [-0.25, -0.2) is 14.8 Å². The summed E-state index contributed by atoms with van der Waals surface area (Å²) in [6.45, 7) is 11.0. The molecule has 0 bridgehead atoms. The number of aromatic nitrogens is 2. The van der Waals surface area contributed by atoms with Gasteiger partial charge in [0.1, 0.15) is 11.6 Å². The third kappa shape index (κ3) is 10.5. The largest absolute Gasteiger partial charge is 0.493 e. The van der Waals surface area contributed by atoms with E-state index in [0.29, 0.717) is 29.7 Å². The van der Waals surface area contributed by atoms with Crippen molar-refractivity contribution in [2.45, 2.75) is 79.4 Å². The lowest BCUT2D eigenvalue weighted by Gasteiger charge is -2.13. The highest BCUT2D eigenvalue weighted by Gasteiger charge is 2.11. The quantitative estimate of drug-likeness (QED) is 0.150. The van der Waals surface area contributed by atoms with E-state index in [-0.39, 0.29) is 6.10 Å². The molecule has 0 atom stereocenters. The fourth-order valence-electron chi connectivity index (χ4n) is 3.93. The van der Waals surface area contributed by atoms with Gasteiger partial charge in [-0.3, -0.25) is 5.32 Å². The van der Waals surface area contributed by atoms with Crippen molar-refractivity contribution in [1.29, 1.82) is 0 Å². The number of halogens is 1. The lowest BCUT2D eigenvalue weighted by molar-refractivity contribution is 0.130. The van der Waals surface area contributed by atoms with Crippen LogP contribution < -0.4 is 15.4 Å². The Morgan fingerprint density at radius 3 is 2.64 bits per heavy atom. The van der Waals surface area contributed by atoms with Crippen LogP contribution in [0.3, 0.4) is 0 Å². The molecule has 3 aromatic rings. The molecule has 39 heavy (non-hydrogen) atoms. The molecular formula is C30H39ClN4O3S. The Bertz CT molecular complexity index is 1260. The van der Waals surface area contributed by atoms with Crippen molar-refractivity contribution in [2.24, 2.45) is 0 Å². The van der Waals surface area contributed by atoms with Crippen molar-refractivity contribution in [3.05, 3.63) is 74.3 Å². The second-order valence-corrected chi connectivity index (χ2v) is 11.1. The average molecular weight is 571 g/mol. The average Bonchev–Trinajstić information content (AvgIpc) is 3.24. The number of allylic oxidation sites excluding steroid dienone is 1. The second kappa shape index (κ2) is 15.5. The van der Waals surface area contributed by atoms with Crippen molar-refractivity contribution in [1.82, 2.24) is 9.97 Å². The molecule has 9 heteroatoms. The molecule has 0 spiro atoms. The van der Waals surface area contributed by atoms with Crippen LogP contribution in [0.4, 0.5) is 16.3 Å². The zero-order valence-electron chi connectivity index (χ0n) is 23.5. The number of hydrogen-bond donors (Lipinski definition) is 2. The second-order valence-electron chi connectivity index (χ2n) is 9.45. The number of hydrogen-bond acceptors (Lipinski definition) is 7. The molecule has 0 saturated heterocycles. The van der Waals surface area contributed by atoms with Crippen LogP contribution >= 0.6 is 22.9 Å². The van der Waals surface area contributed by atoms with Gasteiger partial charge < -0.3 is 14.8 Å². The number of nitrogens with one attached hydrogen (secondary N) is 2.